The minimum Gasteiger partial charge on any atom is -0.388 e. The van der Waals surface area contributed by atoms with E-state index in [0.717, 1.165) is 44.3 Å². The van der Waals surface area contributed by atoms with Crippen LogP contribution in [0.15, 0.2) is 11.1 Å². The molecule has 18 heavy (non-hydrogen) atoms. The first-order chi connectivity index (χ1) is 8.50. The van der Waals surface area contributed by atoms with Gasteiger partial charge in [-0.3, -0.25) is 4.79 Å². The lowest BCUT2D eigenvalue weighted by molar-refractivity contribution is -0.119. The van der Waals surface area contributed by atoms with Gasteiger partial charge >= 0.3 is 0 Å². The van der Waals surface area contributed by atoms with Crippen LogP contribution in [0.3, 0.4) is 0 Å². The Balaban J connectivity index is 1.82. The van der Waals surface area contributed by atoms with E-state index < -0.39 is 5.60 Å². The number of amides is 1. The van der Waals surface area contributed by atoms with E-state index in [4.69, 9.17) is 0 Å². The van der Waals surface area contributed by atoms with Crippen LogP contribution >= 0.6 is 0 Å². The predicted octanol–water partition coefficient (Wildman–Crippen LogP) is 0.963. The molecule has 2 aliphatic rings. The summed E-state index contributed by atoms with van der Waals surface area (Å²) in [5.41, 5.74) is 1.30. The monoisotopic (exact) mass is 252 g/mol. The second kappa shape index (κ2) is 5.41. The van der Waals surface area contributed by atoms with Crippen LogP contribution in [0.4, 0.5) is 0 Å². The highest BCUT2D eigenvalue weighted by Crippen LogP contribution is 2.31. The van der Waals surface area contributed by atoms with Crippen LogP contribution in [0.2, 0.25) is 0 Å². The summed E-state index contributed by atoms with van der Waals surface area (Å²) < 4.78 is 0. The zero-order valence-corrected chi connectivity index (χ0v) is 11.4. The Hall–Kier alpha value is -0.870. The number of carbonyl (C=O) groups is 1. The summed E-state index contributed by atoms with van der Waals surface area (Å²) in [6, 6.07) is 0. The zero-order valence-electron chi connectivity index (χ0n) is 11.4. The summed E-state index contributed by atoms with van der Waals surface area (Å²) in [5.74, 6) is 0.671. The molecule has 1 aliphatic heterocycles. The number of hydrogen-bond donors (Lipinski definition) is 3. The fourth-order valence-corrected chi connectivity index (χ4v) is 2.53. The van der Waals surface area contributed by atoms with E-state index in [-0.39, 0.29) is 5.91 Å². The molecule has 4 nitrogen and oxygen atoms in total. The lowest BCUT2D eigenvalue weighted by Crippen LogP contribution is -2.46. The van der Waals surface area contributed by atoms with Crippen LogP contribution in [-0.4, -0.2) is 36.2 Å². The summed E-state index contributed by atoms with van der Waals surface area (Å²) in [6.07, 6.45) is 3.70. The summed E-state index contributed by atoms with van der Waals surface area (Å²) in [6.45, 7) is 6.10. The van der Waals surface area contributed by atoms with Crippen molar-refractivity contribution in [3.8, 4) is 0 Å². The van der Waals surface area contributed by atoms with Crippen molar-refractivity contribution in [1.82, 2.24) is 10.6 Å². The van der Waals surface area contributed by atoms with Crippen molar-refractivity contribution >= 4 is 5.91 Å². The average molecular weight is 252 g/mol. The van der Waals surface area contributed by atoms with E-state index in [9.17, 15) is 9.90 Å². The summed E-state index contributed by atoms with van der Waals surface area (Å²) in [7, 11) is 0. The van der Waals surface area contributed by atoms with Gasteiger partial charge in [0, 0.05) is 25.2 Å². The Labute approximate surface area is 109 Å². The van der Waals surface area contributed by atoms with Crippen LogP contribution in [0.1, 0.15) is 39.5 Å². The number of hydrogen-bond acceptors (Lipinski definition) is 3. The van der Waals surface area contributed by atoms with Crippen LogP contribution in [0.25, 0.3) is 0 Å². The van der Waals surface area contributed by atoms with Crippen LogP contribution in [0, 0.1) is 5.92 Å². The second-order valence-electron chi connectivity index (χ2n) is 5.92. The summed E-state index contributed by atoms with van der Waals surface area (Å²) >= 11 is 0. The van der Waals surface area contributed by atoms with Gasteiger partial charge in [-0.1, -0.05) is 6.92 Å². The second-order valence-corrected chi connectivity index (χ2v) is 5.92. The molecule has 1 amide bonds. The first-order valence-corrected chi connectivity index (χ1v) is 6.90. The molecule has 0 aromatic heterocycles. The number of rotatable bonds is 3. The molecule has 0 aromatic carbocycles. The largest absolute Gasteiger partial charge is 0.388 e. The van der Waals surface area contributed by atoms with Crippen molar-refractivity contribution < 1.29 is 9.90 Å². The molecule has 1 aliphatic carbocycles. The normalized spacial score (nSPS) is 31.7. The summed E-state index contributed by atoms with van der Waals surface area (Å²) in [5, 5.41) is 16.4. The van der Waals surface area contributed by atoms with E-state index in [1.54, 1.807) is 0 Å². The molecule has 102 valence electrons. The van der Waals surface area contributed by atoms with Gasteiger partial charge in [0.25, 0.3) is 0 Å². The van der Waals surface area contributed by atoms with Crippen molar-refractivity contribution in [2.45, 2.75) is 45.1 Å². The van der Waals surface area contributed by atoms with E-state index >= 15 is 0 Å². The molecule has 4 heteroatoms. The van der Waals surface area contributed by atoms with Gasteiger partial charge in [-0.15, -0.1) is 0 Å². The average Bonchev–Trinajstić information content (AvgIpc) is 2.28. The molecule has 2 fully saturated rings. The highest BCUT2D eigenvalue weighted by Gasteiger charge is 2.32. The third-order valence-electron chi connectivity index (χ3n) is 4.33. The molecular weight excluding hydrogens is 228 g/mol. The van der Waals surface area contributed by atoms with Crippen LogP contribution in [0.5, 0.6) is 0 Å². The first-order valence-electron chi connectivity index (χ1n) is 6.90. The molecule has 0 spiro atoms. The third kappa shape index (κ3) is 3.12. The Morgan fingerprint density at radius 2 is 2.06 bits per heavy atom. The quantitative estimate of drug-likeness (QED) is 0.656. The van der Waals surface area contributed by atoms with Gasteiger partial charge in [0.15, 0.2) is 0 Å². The predicted molar refractivity (Wildman–Crippen MR) is 71.2 cm³/mol. The maximum Gasteiger partial charge on any atom is 0.247 e. The molecule has 1 heterocycles. The highest BCUT2D eigenvalue weighted by atomic mass is 16.3. The number of nitrogens with one attached hydrogen (secondary N) is 2. The van der Waals surface area contributed by atoms with Gasteiger partial charge in [0.2, 0.25) is 5.91 Å². The van der Waals surface area contributed by atoms with Crippen molar-refractivity contribution in [3.05, 3.63) is 11.1 Å². The van der Waals surface area contributed by atoms with Gasteiger partial charge in [0.1, 0.15) is 0 Å². The molecular formula is C14H24N2O2. The van der Waals surface area contributed by atoms with Gasteiger partial charge < -0.3 is 15.7 Å². The Bertz CT molecular complexity index is 349. The van der Waals surface area contributed by atoms with Crippen molar-refractivity contribution in [2.75, 3.05) is 19.6 Å². The molecule has 0 unspecified atom stereocenters. The molecule has 0 atom stereocenters. The fourth-order valence-electron chi connectivity index (χ4n) is 2.53. The van der Waals surface area contributed by atoms with E-state index in [2.05, 4.69) is 17.6 Å². The SMILES string of the molecule is CC(C(=O)NCC1(O)CCC(C)CC1)=C1CNC1. The molecule has 2 rings (SSSR count). The third-order valence-corrected chi connectivity index (χ3v) is 4.33. The molecule has 1 saturated heterocycles. The molecule has 0 aromatic rings. The smallest absolute Gasteiger partial charge is 0.247 e. The van der Waals surface area contributed by atoms with E-state index in [1.807, 2.05) is 6.92 Å². The molecule has 0 radical (unpaired) electrons. The fraction of sp³-hybridized carbons (Fsp3) is 0.786. The molecule has 0 bridgehead atoms. The van der Waals surface area contributed by atoms with Gasteiger partial charge in [-0.25, -0.2) is 0 Å². The Morgan fingerprint density at radius 1 is 1.44 bits per heavy atom. The topological polar surface area (TPSA) is 61.4 Å². The van der Waals surface area contributed by atoms with Gasteiger partial charge in [-0.05, 0) is 44.1 Å². The maximum absolute atomic E-state index is 11.9. The standard InChI is InChI=1S/C14H24N2O2/c1-10-3-5-14(18,6-4-10)9-16-13(17)11(2)12-7-15-8-12/h10,15,18H,3-9H2,1-2H3,(H,16,17). The van der Waals surface area contributed by atoms with Gasteiger partial charge in [0.05, 0.1) is 5.60 Å². The van der Waals surface area contributed by atoms with Crippen molar-refractivity contribution in [1.29, 1.82) is 0 Å². The Morgan fingerprint density at radius 3 is 2.56 bits per heavy atom. The first kappa shape index (κ1) is 13.6. The molecule has 3 N–H and O–H groups in total. The maximum atomic E-state index is 11.9. The zero-order chi connectivity index (χ0) is 13.2. The van der Waals surface area contributed by atoms with Crippen molar-refractivity contribution in [3.63, 3.8) is 0 Å². The highest BCUT2D eigenvalue weighted by molar-refractivity contribution is 5.94. The lowest BCUT2D eigenvalue weighted by Gasteiger charge is -2.35. The number of carbonyl (C=O) groups excluding carboxylic acids is 1. The van der Waals surface area contributed by atoms with Crippen LogP contribution < -0.4 is 10.6 Å². The number of aliphatic hydroxyl groups is 1. The summed E-state index contributed by atoms with van der Waals surface area (Å²) in [4.78, 5) is 11.9. The van der Waals surface area contributed by atoms with Crippen LogP contribution in [-0.2, 0) is 4.79 Å². The Kier molecular flexibility index (Phi) is 4.07. The van der Waals surface area contributed by atoms with E-state index in [1.165, 1.54) is 5.57 Å². The minimum absolute atomic E-state index is 0.0291. The molecule has 1 saturated carbocycles. The van der Waals surface area contributed by atoms with Crippen molar-refractivity contribution in [2.24, 2.45) is 5.92 Å². The van der Waals surface area contributed by atoms with Gasteiger partial charge in [-0.2, -0.15) is 0 Å². The van der Waals surface area contributed by atoms with E-state index in [0.29, 0.717) is 12.5 Å². The minimum atomic E-state index is -0.690. The lowest BCUT2D eigenvalue weighted by atomic mass is 9.79.